The third-order valence-electron chi connectivity index (χ3n) is 4.48. The molecule has 2 aromatic carbocycles. The van der Waals surface area contributed by atoms with E-state index in [1.165, 1.54) is 0 Å². The molecule has 2 aliphatic rings. The molecule has 140 valence electrons. The predicted molar refractivity (Wildman–Crippen MR) is 104 cm³/mol. The Labute approximate surface area is 161 Å². The van der Waals surface area contributed by atoms with Gasteiger partial charge in [-0.3, -0.25) is 9.59 Å². The van der Waals surface area contributed by atoms with Crippen LogP contribution in [0.2, 0.25) is 0 Å². The number of fused-ring (bicyclic) bond motifs is 2. The van der Waals surface area contributed by atoms with Crippen LogP contribution in [0, 0.1) is 0 Å². The molecule has 2 heterocycles. The molecular formula is C20H20N2O4S. The highest BCUT2D eigenvalue weighted by atomic mass is 32.2. The molecule has 0 aromatic heterocycles. The van der Waals surface area contributed by atoms with E-state index in [0.29, 0.717) is 36.6 Å². The lowest BCUT2D eigenvalue weighted by atomic mass is 10.1. The maximum atomic E-state index is 12.8. The molecule has 0 saturated heterocycles. The molecule has 0 radical (unpaired) electrons. The number of amides is 2. The number of hydrogen-bond donors (Lipinski definition) is 1. The molecule has 4 rings (SSSR count). The van der Waals surface area contributed by atoms with Crippen LogP contribution in [-0.2, 0) is 4.79 Å². The van der Waals surface area contributed by atoms with E-state index in [1.807, 2.05) is 30.3 Å². The summed E-state index contributed by atoms with van der Waals surface area (Å²) >= 11 is 1.62. The van der Waals surface area contributed by atoms with Gasteiger partial charge in [0.2, 0.25) is 5.91 Å². The van der Waals surface area contributed by atoms with E-state index in [0.717, 1.165) is 16.4 Å². The number of likely N-dealkylation sites (N-methyl/N-ethyl adjacent to an activating group) is 1. The van der Waals surface area contributed by atoms with Crippen molar-refractivity contribution in [2.24, 2.45) is 0 Å². The molecule has 0 saturated carbocycles. The summed E-state index contributed by atoms with van der Waals surface area (Å²) in [6, 6.07) is 12.9. The number of para-hydroxylation sites is 2. The van der Waals surface area contributed by atoms with Crippen LogP contribution in [0.3, 0.4) is 0 Å². The highest BCUT2D eigenvalue weighted by Crippen LogP contribution is 2.32. The normalized spacial score (nSPS) is 18.1. The highest BCUT2D eigenvalue weighted by molar-refractivity contribution is 7.99. The van der Waals surface area contributed by atoms with Gasteiger partial charge in [0.25, 0.3) is 5.91 Å². The number of benzene rings is 2. The smallest absolute Gasteiger partial charge is 0.253 e. The number of carbonyl (C=O) groups excluding carboxylic acids is 2. The van der Waals surface area contributed by atoms with Gasteiger partial charge < -0.3 is 19.7 Å². The first kappa shape index (κ1) is 17.7. The Hall–Kier alpha value is -2.67. The minimum atomic E-state index is -0.232. The number of nitrogens with one attached hydrogen (secondary N) is 1. The molecule has 1 atom stereocenters. The molecule has 0 spiro atoms. The van der Waals surface area contributed by atoms with Gasteiger partial charge >= 0.3 is 0 Å². The summed E-state index contributed by atoms with van der Waals surface area (Å²) in [6.07, 6.45) is 0.244. The molecule has 2 aliphatic heterocycles. The third-order valence-corrected chi connectivity index (χ3v) is 5.55. The lowest BCUT2D eigenvalue weighted by molar-refractivity contribution is -0.115. The minimum absolute atomic E-state index is 0.0226. The van der Waals surface area contributed by atoms with E-state index >= 15 is 0 Å². The van der Waals surface area contributed by atoms with Gasteiger partial charge in [0, 0.05) is 29.7 Å². The van der Waals surface area contributed by atoms with E-state index in [2.05, 4.69) is 5.32 Å². The molecule has 7 heteroatoms. The number of rotatable bonds is 3. The van der Waals surface area contributed by atoms with Gasteiger partial charge in [0.05, 0.1) is 12.2 Å². The Bertz CT molecular complexity index is 886. The number of anilines is 1. The Morgan fingerprint density at radius 2 is 2.07 bits per heavy atom. The Morgan fingerprint density at radius 1 is 1.26 bits per heavy atom. The zero-order valence-electron chi connectivity index (χ0n) is 14.9. The van der Waals surface area contributed by atoms with Gasteiger partial charge in [-0.05, 0) is 30.3 Å². The number of ether oxygens (including phenoxy) is 2. The van der Waals surface area contributed by atoms with E-state index in [1.54, 1.807) is 35.8 Å². The monoisotopic (exact) mass is 384 g/mol. The van der Waals surface area contributed by atoms with Gasteiger partial charge in [-0.2, -0.15) is 0 Å². The minimum Gasteiger partial charge on any atom is -0.486 e. The number of hydrogen-bond acceptors (Lipinski definition) is 5. The van der Waals surface area contributed by atoms with Crippen molar-refractivity contribution in [3.8, 4) is 11.5 Å². The average Bonchev–Trinajstić information content (AvgIpc) is 2.87. The lowest BCUT2D eigenvalue weighted by Crippen LogP contribution is -2.41. The molecular weight excluding hydrogens is 364 g/mol. The van der Waals surface area contributed by atoms with Crippen molar-refractivity contribution >= 4 is 29.3 Å². The number of nitrogens with zero attached hydrogens (tertiary/aromatic N) is 1. The molecule has 1 N–H and O–H groups in total. The zero-order chi connectivity index (χ0) is 18.8. The van der Waals surface area contributed by atoms with Crippen LogP contribution >= 0.6 is 11.8 Å². The second kappa shape index (κ2) is 7.52. The summed E-state index contributed by atoms with van der Waals surface area (Å²) in [5, 5.41) is 2.87. The van der Waals surface area contributed by atoms with Crippen molar-refractivity contribution in [2.75, 3.05) is 31.3 Å². The van der Waals surface area contributed by atoms with Crippen molar-refractivity contribution in [3.05, 3.63) is 48.0 Å². The van der Waals surface area contributed by atoms with Crippen LogP contribution in [0.5, 0.6) is 11.5 Å². The quantitative estimate of drug-likeness (QED) is 0.881. The maximum Gasteiger partial charge on any atom is 0.253 e. The fraction of sp³-hybridized carbons (Fsp3) is 0.300. The van der Waals surface area contributed by atoms with Crippen molar-refractivity contribution in [3.63, 3.8) is 0 Å². The highest BCUT2D eigenvalue weighted by Gasteiger charge is 2.25. The number of carbonyl (C=O) groups is 2. The molecule has 2 aromatic rings. The summed E-state index contributed by atoms with van der Waals surface area (Å²) in [7, 11) is 1.74. The van der Waals surface area contributed by atoms with Crippen LogP contribution in [0.25, 0.3) is 0 Å². The van der Waals surface area contributed by atoms with Crippen molar-refractivity contribution in [1.29, 1.82) is 0 Å². The molecule has 0 aliphatic carbocycles. The fourth-order valence-corrected chi connectivity index (χ4v) is 4.05. The standard InChI is InChI=1S/C20H20N2O4S/c1-22(11-14-12-25-16-4-2-3-5-17(16)26-14)20(24)13-6-7-18-15(10-13)21-19(23)8-9-27-18/h2-7,10,14H,8-9,11-12H2,1H3,(H,21,23)/t14-/m1/s1. The van der Waals surface area contributed by atoms with Crippen molar-refractivity contribution in [1.82, 2.24) is 4.90 Å². The third kappa shape index (κ3) is 3.88. The predicted octanol–water partition coefficient (Wildman–Crippen LogP) is 3.03. The SMILES string of the molecule is CN(C[C@@H]1COc2ccccc2O1)C(=O)c1ccc2c(c1)NC(=O)CCS2. The first-order valence-corrected chi connectivity index (χ1v) is 9.79. The Kier molecular flexibility index (Phi) is 4.94. The zero-order valence-corrected chi connectivity index (χ0v) is 15.8. The van der Waals surface area contributed by atoms with E-state index < -0.39 is 0 Å². The maximum absolute atomic E-state index is 12.8. The van der Waals surface area contributed by atoms with Gasteiger partial charge in [-0.25, -0.2) is 0 Å². The van der Waals surface area contributed by atoms with Crippen molar-refractivity contribution in [2.45, 2.75) is 17.4 Å². The van der Waals surface area contributed by atoms with Crippen LogP contribution in [-0.4, -0.2) is 48.8 Å². The molecule has 6 nitrogen and oxygen atoms in total. The van der Waals surface area contributed by atoms with Gasteiger partial charge in [0.15, 0.2) is 17.6 Å². The molecule has 2 amide bonds. The second-order valence-electron chi connectivity index (χ2n) is 6.54. The van der Waals surface area contributed by atoms with Crippen LogP contribution in [0.1, 0.15) is 16.8 Å². The largest absolute Gasteiger partial charge is 0.486 e. The Morgan fingerprint density at radius 3 is 2.93 bits per heavy atom. The average molecular weight is 384 g/mol. The summed E-state index contributed by atoms with van der Waals surface area (Å²) in [6.45, 7) is 0.802. The second-order valence-corrected chi connectivity index (χ2v) is 7.68. The summed E-state index contributed by atoms with van der Waals surface area (Å²) in [5.74, 6) is 2.02. The van der Waals surface area contributed by atoms with Gasteiger partial charge in [-0.1, -0.05) is 12.1 Å². The number of thioether (sulfide) groups is 1. The van der Waals surface area contributed by atoms with E-state index in [4.69, 9.17) is 9.47 Å². The van der Waals surface area contributed by atoms with Gasteiger partial charge in [-0.15, -0.1) is 11.8 Å². The lowest BCUT2D eigenvalue weighted by Gasteiger charge is -2.29. The Balaban J connectivity index is 1.44. The molecule has 27 heavy (non-hydrogen) atoms. The van der Waals surface area contributed by atoms with E-state index in [9.17, 15) is 9.59 Å². The first-order valence-electron chi connectivity index (χ1n) is 8.81. The van der Waals surface area contributed by atoms with Gasteiger partial charge in [0.1, 0.15) is 6.61 Å². The first-order chi connectivity index (χ1) is 13.1. The van der Waals surface area contributed by atoms with Crippen molar-refractivity contribution < 1.29 is 19.1 Å². The van der Waals surface area contributed by atoms with Crippen LogP contribution in [0.4, 0.5) is 5.69 Å². The molecule has 0 fully saturated rings. The van der Waals surface area contributed by atoms with Crippen LogP contribution in [0.15, 0.2) is 47.4 Å². The topological polar surface area (TPSA) is 67.9 Å². The van der Waals surface area contributed by atoms with E-state index in [-0.39, 0.29) is 17.9 Å². The summed E-state index contributed by atoms with van der Waals surface area (Å²) < 4.78 is 11.6. The summed E-state index contributed by atoms with van der Waals surface area (Å²) in [5.41, 5.74) is 1.24. The molecule has 0 unspecified atom stereocenters. The fourth-order valence-electron chi connectivity index (χ4n) is 3.11. The molecule has 0 bridgehead atoms. The summed E-state index contributed by atoms with van der Waals surface area (Å²) in [4.78, 5) is 27.2. The van der Waals surface area contributed by atoms with Crippen LogP contribution < -0.4 is 14.8 Å².